The van der Waals surface area contributed by atoms with Crippen LogP contribution in [0, 0.1) is 10.1 Å². The number of carbonyl (C=O) groups excluding carboxylic acids is 3. The van der Waals surface area contributed by atoms with Gasteiger partial charge in [-0.2, -0.15) is 0 Å². The molecule has 0 bridgehead atoms. The summed E-state index contributed by atoms with van der Waals surface area (Å²) in [6, 6.07) is 11.8. The van der Waals surface area contributed by atoms with Gasteiger partial charge < -0.3 is 10.6 Å². The van der Waals surface area contributed by atoms with E-state index in [1.54, 1.807) is 30.3 Å². The average Bonchev–Trinajstić information content (AvgIpc) is 2.95. The molecule has 1 aliphatic heterocycles. The second-order valence-electron chi connectivity index (χ2n) is 6.81. The Morgan fingerprint density at radius 1 is 1.23 bits per heavy atom. The fraction of sp³-hybridized carbons (Fsp3) is 0.250. The highest BCUT2D eigenvalue weighted by atomic mass is 35.5. The third kappa shape index (κ3) is 3.97. The van der Waals surface area contributed by atoms with E-state index in [0.717, 1.165) is 11.0 Å². The van der Waals surface area contributed by atoms with Crippen LogP contribution in [0.15, 0.2) is 48.5 Å². The molecule has 0 radical (unpaired) electrons. The maximum absolute atomic E-state index is 13.2. The van der Waals surface area contributed by atoms with Crippen LogP contribution in [0.2, 0.25) is 5.02 Å². The lowest BCUT2D eigenvalue weighted by Gasteiger charge is -2.26. The summed E-state index contributed by atoms with van der Waals surface area (Å²) in [6.07, 6.45) is 1.00. The zero-order valence-corrected chi connectivity index (χ0v) is 16.8. The third-order valence-electron chi connectivity index (χ3n) is 4.80. The molecular formula is C20H19ClN4O5. The smallest absolute Gasteiger partial charge is 0.323 e. The van der Waals surface area contributed by atoms with E-state index < -0.39 is 34.9 Å². The minimum Gasteiger partial charge on any atom is -0.323 e. The minimum absolute atomic E-state index is 0.0193. The number of non-ortho nitro benzene ring substituents is 1. The van der Waals surface area contributed by atoms with Crippen molar-refractivity contribution in [1.82, 2.24) is 10.2 Å². The first-order valence-electron chi connectivity index (χ1n) is 9.22. The number of halogens is 1. The van der Waals surface area contributed by atoms with Crippen molar-refractivity contribution < 1.29 is 19.3 Å². The quantitative estimate of drug-likeness (QED) is 0.396. The van der Waals surface area contributed by atoms with Gasteiger partial charge >= 0.3 is 6.03 Å². The molecule has 2 aromatic rings. The largest absolute Gasteiger partial charge is 0.325 e. The first kappa shape index (κ1) is 21.3. The van der Waals surface area contributed by atoms with Crippen molar-refractivity contribution in [3.8, 4) is 0 Å². The SMILES string of the molecule is CCC[C@]1(c2ccccc2)NC(=O)N(CC(=O)Nc2cc([N+](=O)[O-])ccc2Cl)C1=O. The third-order valence-corrected chi connectivity index (χ3v) is 5.13. The van der Waals surface area contributed by atoms with E-state index in [9.17, 15) is 24.5 Å². The Bertz CT molecular complexity index is 1010. The van der Waals surface area contributed by atoms with Gasteiger partial charge in [-0.05, 0) is 18.1 Å². The van der Waals surface area contributed by atoms with E-state index >= 15 is 0 Å². The number of carbonyl (C=O) groups is 3. The molecule has 2 aromatic carbocycles. The van der Waals surface area contributed by atoms with Gasteiger partial charge in [-0.15, -0.1) is 0 Å². The number of imide groups is 1. The van der Waals surface area contributed by atoms with Crippen LogP contribution < -0.4 is 10.6 Å². The lowest BCUT2D eigenvalue weighted by atomic mass is 9.85. The summed E-state index contributed by atoms with van der Waals surface area (Å²) in [7, 11) is 0. The zero-order chi connectivity index (χ0) is 21.9. The van der Waals surface area contributed by atoms with Crippen molar-refractivity contribution in [3.63, 3.8) is 0 Å². The van der Waals surface area contributed by atoms with Crippen LogP contribution in [0.5, 0.6) is 0 Å². The summed E-state index contributed by atoms with van der Waals surface area (Å²) in [6.45, 7) is 1.34. The molecule has 1 aliphatic rings. The van der Waals surface area contributed by atoms with E-state index in [1.807, 2.05) is 6.92 Å². The number of rotatable bonds is 7. The number of nitro groups is 1. The molecule has 10 heteroatoms. The molecule has 1 saturated heterocycles. The van der Waals surface area contributed by atoms with Crippen molar-refractivity contribution >= 4 is 40.8 Å². The fourth-order valence-corrected chi connectivity index (χ4v) is 3.60. The average molecular weight is 431 g/mol. The number of hydrogen-bond acceptors (Lipinski definition) is 5. The molecule has 4 amide bonds. The van der Waals surface area contributed by atoms with Crippen LogP contribution in [0.3, 0.4) is 0 Å². The number of anilines is 1. The van der Waals surface area contributed by atoms with E-state index in [1.165, 1.54) is 12.1 Å². The predicted molar refractivity (Wildman–Crippen MR) is 110 cm³/mol. The van der Waals surface area contributed by atoms with Gasteiger partial charge in [0.2, 0.25) is 5.91 Å². The molecule has 2 N–H and O–H groups in total. The van der Waals surface area contributed by atoms with Crippen LogP contribution in [-0.4, -0.2) is 34.2 Å². The molecule has 1 atom stereocenters. The highest BCUT2D eigenvalue weighted by molar-refractivity contribution is 6.33. The Balaban J connectivity index is 1.81. The van der Waals surface area contributed by atoms with Crippen molar-refractivity contribution in [2.45, 2.75) is 25.3 Å². The Morgan fingerprint density at radius 2 is 1.93 bits per heavy atom. The lowest BCUT2D eigenvalue weighted by Crippen LogP contribution is -2.44. The normalized spacial score (nSPS) is 18.3. The van der Waals surface area contributed by atoms with Gasteiger partial charge in [-0.25, -0.2) is 4.79 Å². The topological polar surface area (TPSA) is 122 Å². The monoisotopic (exact) mass is 430 g/mol. The van der Waals surface area contributed by atoms with Crippen molar-refractivity contribution in [2.75, 3.05) is 11.9 Å². The van der Waals surface area contributed by atoms with Gasteiger partial charge in [0.1, 0.15) is 12.1 Å². The highest BCUT2D eigenvalue weighted by Crippen LogP contribution is 2.33. The lowest BCUT2D eigenvalue weighted by molar-refractivity contribution is -0.384. The van der Waals surface area contributed by atoms with Crippen LogP contribution in [0.4, 0.5) is 16.2 Å². The number of urea groups is 1. The van der Waals surface area contributed by atoms with Crippen LogP contribution in [-0.2, 0) is 15.1 Å². The van der Waals surface area contributed by atoms with Crippen LogP contribution >= 0.6 is 11.6 Å². The van der Waals surface area contributed by atoms with Crippen LogP contribution in [0.1, 0.15) is 25.3 Å². The Kier molecular flexibility index (Phi) is 6.02. The van der Waals surface area contributed by atoms with Crippen molar-refractivity contribution in [2.24, 2.45) is 0 Å². The molecule has 3 rings (SSSR count). The molecule has 0 spiro atoms. The second-order valence-corrected chi connectivity index (χ2v) is 7.22. The van der Waals surface area contributed by atoms with Crippen molar-refractivity contribution in [3.05, 3.63) is 69.2 Å². The molecule has 0 saturated carbocycles. The molecule has 0 aliphatic carbocycles. The van der Waals surface area contributed by atoms with E-state index in [2.05, 4.69) is 10.6 Å². The number of amides is 4. The number of nitrogens with one attached hydrogen (secondary N) is 2. The van der Waals surface area contributed by atoms with Gasteiger partial charge in [-0.3, -0.25) is 24.6 Å². The first-order chi connectivity index (χ1) is 14.3. The maximum Gasteiger partial charge on any atom is 0.325 e. The highest BCUT2D eigenvalue weighted by Gasteiger charge is 2.52. The van der Waals surface area contributed by atoms with Gasteiger partial charge in [0.25, 0.3) is 11.6 Å². The number of hydrogen-bond donors (Lipinski definition) is 2. The molecule has 156 valence electrons. The Morgan fingerprint density at radius 3 is 2.57 bits per heavy atom. The molecule has 1 heterocycles. The summed E-state index contributed by atoms with van der Waals surface area (Å²) in [5, 5.41) is 16.2. The van der Waals surface area contributed by atoms with E-state index in [4.69, 9.17) is 11.6 Å². The molecule has 30 heavy (non-hydrogen) atoms. The molecule has 9 nitrogen and oxygen atoms in total. The summed E-state index contributed by atoms with van der Waals surface area (Å²) >= 11 is 5.99. The maximum atomic E-state index is 13.2. The summed E-state index contributed by atoms with van der Waals surface area (Å²) in [5.41, 5.74) is -0.840. The summed E-state index contributed by atoms with van der Waals surface area (Å²) in [5.74, 6) is -1.23. The van der Waals surface area contributed by atoms with Crippen molar-refractivity contribution in [1.29, 1.82) is 0 Å². The van der Waals surface area contributed by atoms with Gasteiger partial charge in [0.05, 0.1) is 15.6 Å². The van der Waals surface area contributed by atoms with Gasteiger partial charge in [0, 0.05) is 12.1 Å². The number of nitrogens with zero attached hydrogens (tertiary/aromatic N) is 2. The fourth-order valence-electron chi connectivity index (χ4n) is 3.43. The zero-order valence-electron chi connectivity index (χ0n) is 16.1. The molecular weight excluding hydrogens is 412 g/mol. The number of benzene rings is 2. The van der Waals surface area contributed by atoms with E-state index in [0.29, 0.717) is 18.4 Å². The van der Waals surface area contributed by atoms with Gasteiger partial charge in [-0.1, -0.05) is 55.3 Å². The predicted octanol–water partition coefficient (Wildman–Crippen LogP) is 3.43. The van der Waals surface area contributed by atoms with Gasteiger partial charge in [0.15, 0.2) is 0 Å². The molecule has 0 aromatic heterocycles. The Labute approximate surface area is 177 Å². The van der Waals surface area contributed by atoms with E-state index in [-0.39, 0.29) is 16.4 Å². The summed E-state index contributed by atoms with van der Waals surface area (Å²) in [4.78, 5) is 49.3. The second kappa shape index (κ2) is 8.50. The Hall–Kier alpha value is -3.46. The molecule has 1 fully saturated rings. The first-order valence-corrected chi connectivity index (χ1v) is 9.59. The number of nitro benzene ring substituents is 1. The standard InChI is InChI=1S/C20H19ClN4O5/c1-2-10-20(13-6-4-3-5-7-13)18(27)24(19(28)23-20)12-17(26)22-16-11-14(25(29)30)8-9-15(16)21/h3-9,11H,2,10,12H2,1H3,(H,22,26)(H,23,28)/t20-/m1/s1. The minimum atomic E-state index is -1.24. The molecule has 0 unspecified atom stereocenters. The summed E-state index contributed by atoms with van der Waals surface area (Å²) < 4.78 is 0. The van der Waals surface area contributed by atoms with Crippen LogP contribution in [0.25, 0.3) is 0 Å².